The van der Waals surface area contributed by atoms with Crippen molar-refractivity contribution in [2.75, 3.05) is 6.54 Å². The molecule has 0 bridgehead atoms. The van der Waals surface area contributed by atoms with Crippen LogP contribution in [0.4, 0.5) is 4.39 Å². The highest BCUT2D eigenvalue weighted by Crippen LogP contribution is 2.26. The molecular weight excluding hydrogens is 245 g/mol. The van der Waals surface area contributed by atoms with Gasteiger partial charge in [0.15, 0.2) is 0 Å². The minimum absolute atomic E-state index is 0.000499. The molecule has 1 fully saturated rings. The predicted octanol–water partition coefficient (Wildman–Crippen LogP) is 0.130. The minimum atomic E-state index is -1.02. The number of nitrogens with zero attached hydrogens (tertiary/aromatic N) is 3. The molecule has 2 unspecified atom stereocenters. The maximum Gasteiger partial charge on any atom is 0.333 e. The van der Waals surface area contributed by atoms with Gasteiger partial charge in [0.2, 0.25) is 5.82 Å². The number of ether oxygens (including phenoxy) is 1. The Balaban J connectivity index is 2.33. The zero-order chi connectivity index (χ0) is 13.3. The van der Waals surface area contributed by atoms with Gasteiger partial charge in [0.25, 0.3) is 5.56 Å². The molecular formula is C10H12FN3O4. The van der Waals surface area contributed by atoms with Crippen molar-refractivity contribution in [2.45, 2.75) is 25.2 Å². The van der Waals surface area contributed by atoms with Crippen molar-refractivity contribution in [1.29, 1.82) is 0 Å². The average Bonchev–Trinajstić information content (AvgIpc) is 2.80. The molecule has 0 saturated carbocycles. The second kappa shape index (κ2) is 4.81. The Labute approximate surface area is 101 Å². The van der Waals surface area contributed by atoms with E-state index in [0.717, 1.165) is 10.8 Å². The lowest BCUT2D eigenvalue weighted by Crippen LogP contribution is -2.40. The van der Waals surface area contributed by atoms with Crippen LogP contribution in [0.2, 0.25) is 0 Å². The SMILES string of the molecule is Cn1c(=O)c(F)cn(C2CCC(CN=O)O2)c1=O. The summed E-state index contributed by atoms with van der Waals surface area (Å²) in [6.45, 7) is -0.000499. The molecule has 1 aliphatic rings. The second-order valence-corrected chi connectivity index (χ2v) is 4.13. The van der Waals surface area contributed by atoms with Crippen molar-refractivity contribution in [3.63, 3.8) is 0 Å². The molecule has 2 heterocycles. The summed E-state index contributed by atoms with van der Waals surface area (Å²) in [5, 5.41) is 2.73. The van der Waals surface area contributed by atoms with Crippen LogP contribution in [0.5, 0.6) is 0 Å². The Morgan fingerprint density at radius 1 is 1.50 bits per heavy atom. The van der Waals surface area contributed by atoms with E-state index in [1.165, 1.54) is 7.05 Å². The van der Waals surface area contributed by atoms with E-state index in [1.54, 1.807) is 0 Å². The minimum Gasteiger partial charge on any atom is -0.353 e. The molecule has 1 aromatic rings. The van der Waals surface area contributed by atoms with Gasteiger partial charge in [-0.3, -0.25) is 13.9 Å². The maximum absolute atomic E-state index is 13.3. The molecule has 0 aliphatic carbocycles. The van der Waals surface area contributed by atoms with Crippen molar-refractivity contribution in [3.05, 3.63) is 37.8 Å². The van der Waals surface area contributed by atoms with Gasteiger partial charge in [-0.25, -0.2) is 4.79 Å². The van der Waals surface area contributed by atoms with Gasteiger partial charge in [0.1, 0.15) is 12.8 Å². The quantitative estimate of drug-likeness (QED) is 0.720. The van der Waals surface area contributed by atoms with E-state index >= 15 is 0 Å². The van der Waals surface area contributed by atoms with Gasteiger partial charge in [-0.2, -0.15) is 9.30 Å². The van der Waals surface area contributed by atoms with Crippen molar-refractivity contribution in [2.24, 2.45) is 12.2 Å². The molecule has 0 spiro atoms. The Kier molecular flexibility index (Phi) is 3.37. The van der Waals surface area contributed by atoms with E-state index < -0.39 is 23.3 Å². The van der Waals surface area contributed by atoms with Gasteiger partial charge in [-0.15, -0.1) is 0 Å². The summed E-state index contributed by atoms with van der Waals surface area (Å²) in [7, 11) is 1.20. The smallest absolute Gasteiger partial charge is 0.333 e. The highest BCUT2D eigenvalue weighted by molar-refractivity contribution is 4.91. The van der Waals surface area contributed by atoms with Gasteiger partial charge in [0, 0.05) is 7.05 Å². The monoisotopic (exact) mass is 257 g/mol. The van der Waals surface area contributed by atoms with Crippen LogP contribution in [-0.4, -0.2) is 21.8 Å². The summed E-state index contributed by atoms with van der Waals surface area (Å²) in [6, 6.07) is 0. The summed E-state index contributed by atoms with van der Waals surface area (Å²) in [4.78, 5) is 33.1. The molecule has 2 rings (SSSR count). The third-order valence-corrected chi connectivity index (χ3v) is 2.94. The maximum atomic E-state index is 13.3. The number of hydrogen-bond acceptors (Lipinski definition) is 5. The molecule has 0 radical (unpaired) electrons. The van der Waals surface area contributed by atoms with Crippen LogP contribution in [-0.2, 0) is 11.8 Å². The Bertz CT molecular complexity index is 579. The molecule has 1 aliphatic heterocycles. The molecule has 1 aromatic heterocycles. The molecule has 0 amide bonds. The van der Waals surface area contributed by atoms with Gasteiger partial charge < -0.3 is 4.74 Å². The van der Waals surface area contributed by atoms with E-state index in [9.17, 15) is 18.9 Å². The zero-order valence-corrected chi connectivity index (χ0v) is 9.71. The predicted molar refractivity (Wildman–Crippen MR) is 59.7 cm³/mol. The van der Waals surface area contributed by atoms with E-state index in [4.69, 9.17) is 4.74 Å². The van der Waals surface area contributed by atoms with Gasteiger partial charge in [0.05, 0.1) is 12.3 Å². The fourth-order valence-corrected chi connectivity index (χ4v) is 1.97. The van der Waals surface area contributed by atoms with Crippen LogP contribution in [0.3, 0.4) is 0 Å². The number of halogens is 1. The fourth-order valence-electron chi connectivity index (χ4n) is 1.97. The first-order chi connectivity index (χ1) is 8.54. The summed E-state index contributed by atoms with van der Waals surface area (Å²) in [5.41, 5.74) is -1.62. The Morgan fingerprint density at radius 2 is 2.22 bits per heavy atom. The lowest BCUT2D eigenvalue weighted by atomic mass is 10.2. The van der Waals surface area contributed by atoms with Crippen molar-refractivity contribution >= 4 is 0 Å². The average molecular weight is 257 g/mol. The third kappa shape index (κ3) is 2.10. The van der Waals surface area contributed by atoms with Gasteiger partial charge >= 0.3 is 5.69 Å². The number of nitroso groups, excluding NO2 is 1. The summed E-state index contributed by atoms with van der Waals surface area (Å²) in [6.07, 6.45) is 0.849. The third-order valence-electron chi connectivity index (χ3n) is 2.94. The van der Waals surface area contributed by atoms with Crippen LogP contribution in [0.1, 0.15) is 19.1 Å². The lowest BCUT2D eigenvalue weighted by Gasteiger charge is -2.15. The largest absolute Gasteiger partial charge is 0.353 e. The molecule has 98 valence electrons. The highest BCUT2D eigenvalue weighted by Gasteiger charge is 2.28. The van der Waals surface area contributed by atoms with Crippen LogP contribution in [0.15, 0.2) is 21.0 Å². The van der Waals surface area contributed by atoms with Crippen LogP contribution < -0.4 is 11.2 Å². The van der Waals surface area contributed by atoms with Crippen molar-refractivity contribution in [1.82, 2.24) is 9.13 Å². The summed E-state index contributed by atoms with van der Waals surface area (Å²) in [5.74, 6) is -1.02. The molecule has 8 heteroatoms. The molecule has 7 nitrogen and oxygen atoms in total. The van der Waals surface area contributed by atoms with E-state index in [1.807, 2.05) is 0 Å². The highest BCUT2D eigenvalue weighted by atomic mass is 19.1. The van der Waals surface area contributed by atoms with Crippen molar-refractivity contribution in [3.8, 4) is 0 Å². The van der Waals surface area contributed by atoms with Crippen molar-refractivity contribution < 1.29 is 9.13 Å². The lowest BCUT2D eigenvalue weighted by molar-refractivity contribution is 0.00233. The summed E-state index contributed by atoms with van der Waals surface area (Å²) >= 11 is 0. The molecule has 0 N–H and O–H groups in total. The second-order valence-electron chi connectivity index (χ2n) is 4.13. The first kappa shape index (κ1) is 12.6. The first-order valence-electron chi connectivity index (χ1n) is 5.47. The van der Waals surface area contributed by atoms with Crippen LogP contribution >= 0.6 is 0 Å². The van der Waals surface area contributed by atoms with Gasteiger partial charge in [-0.1, -0.05) is 5.18 Å². The van der Waals surface area contributed by atoms with E-state index in [-0.39, 0.29) is 12.6 Å². The fraction of sp³-hybridized carbons (Fsp3) is 0.600. The molecule has 1 saturated heterocycles. The molecule has 18 heavy (non-hydrogen) atoms. The first-order valence-corrected chi connectivity index (χ1v) is 5.47. The van der Waals surface area contributed by atoms with Gasteiger partial charge in [-0.05, 0) is 12.8 Å². The Morgan fingerprint density at radius 3 is 2.89 bits per heavy atom. The molecule has 0 aromatic carbocycles. The van der Waals surface area contributed by atoms with E-state index in [0.29, 0.717) is 17.4 Å². The molecule has 2 atom stereocenters. The standard InChI is InChI=1S/C10H12FN3O4/c1-13-9(15)7(11)5-14(10(13)16)8-3-2-6(18-8)4-12-17/h5-6,8H,2-4H2,1H3. The van der Waals surface area contributed by atoms with Crippen LogP contribution in [0, 0.1) is 10.7 Å². The van der Waals surface area contributed by atoms with E-state index in [2.05, 4.69) is 5.18 Å². The normalized spacial score (nSPS) is 23.2. The Hall–Kier alpha value is -1.83. The number of rotatable bonds is 3. The van der Waals surface area contributed by atoms with Crippen LogP contribution in [0.25, 0.3) is 0 Å². The number of aromatic nitrogens is 2. The topological polar surface area (TPSA) is 82.7 Å². The number of hydrogen-bond donors (Lipinski definition) is 0. The zero-order valence-electron chi connectivity index (χ0n) is 9.71. The summed E-state index contributed by atoms with van der Waals surface area (Å²) < 4.78 is 20.4.